The molecule has 0 aromatic rings. The lowest BCUT2D eigenvalue weighted by Gasteiger charge is -2.34. The number of rotatable bonds is 24. The fourth-order valence-electron chi connectivity index (χ4n) is 8.79. The maximum atomic E-state index is 12.2. The molecule has 0 aromatic carbocycles. The monoisotopic (exact) mass is 1830 g/mol. The molecule has 3 aliphatic heterocycles. The zero-order valence-electron chi connectivity index (χ0n) is 94.7. The molecule has 128 heavy (non-hydrogen) atoms. The van der Waals surface area contributed by atoms with Crippen molar-refractivity contribution in [1.29, 1.82) is 0 Å². The molecule has 1 atom stereocenters. The Morgan fingerprint density at radius 1 is 0.320 bits per heavy atom. The number of carbonyl (C=O) groups is 7. The van der Waals surface area contributed by atoms with Crippen LogP contribution in [0.25, 0.3) is 0 Å². The number of nitrogens with two attached hydrogens (primary N) is 1. The summed E-state index contributed by atoms with van der Waals surface area (Å²) in [5.74, 6) is -0.895. The van der Waals surface area contributed by atoms with Crippen LogP contribution >= 0.6 is 0 Å². The van der Waals surface area contributed by atoms with Gasteiger partial charge < -0.3 is 63.1 Å². The van der Waals surface area contributed by atoms with E-state index in [0.717, 1.165) is 130 Å². The van der Waals surface area contributed by atoms with Crippen molar-refractivity contribution in [2.75, 3.05) is 159 Å². The Balaban J connectivity index is -0.000000258. The van der Waals surface area contributed by atoms with Gasteiger partial charge in [-0.05, 0) is 247 Å². The van der Waals surface area contributed by atoms with Gasteiger partial charge in [0.1, 0.15) is 11.6 Å². The number of nitrogens with zero attached hydrogens (tertiary/aromatic N) is 5. The second kappa shape index (κ2) is 60.4. The smallest absolute Gasteiger partial charge is 0.325 e. The molecular weight excluding hydrogens is 1610 g/mol. The van der Waals surface area contributed by atoms with Crippen molar-refractivity contribution in [3.8, 4) is 0 Å². The first-order valence-corrected chi connectivity index (χ1v) is 48.4. The molecule has 768 valence electrons. The van der Waals surface area contributed by atoms with Crippen LogP contribution in [-0.2, 0) is 76.2 Å². The molecule has 3 saturated heterocycles. The second-order valence-corrected chi connectivity index (χ2v) is 52.6. The van der Waals surface area contributed by atoms with Gasteiger partial charge >= 0.3 is 41.8 Å². The molecule has 0 aliphatic carbocycles. The van der Waals surface area contributed by atoms with Gasteiger partial charge in [0.15, 0.2) is 0 Å². The Labute approximate surface area is 792 Å². The number of piperazine rings is 1. The van der Waals surface area contributed by atoms with Crippen LogP contribution in [-0.4, -0.2) is 243 Å². The van der Waals surface area contributed by atoms with E-state index in [0.29, 0.717) is 56.0 Å². The van der Waals surface area contributed by atoms with Crippen LogP contribution < -0.4 is 5.73 Å². The number of morpholine rings is 2. The van der Waals surface area contributed by atoms with E-state index in [4.69, 9.17) is 48.4 Å². The summed E-state index contributed by atoms with van der Waals surface area (Å²) in [6.45, 7) is 120. The first-order chi connectivity index (χ1) is 56.6. The van der Waals surface area contributed by atoms with Gasteiger partial charge in [0.25, 0.3) is 0 Å². The van der Waals surface area contributed by atoms with E-state index < -0.39 is 16.4 Å². The topological polar surface area (TPSA) is 245 Å². The van der Waals surface area contributed by atoms with Crippen molar-refractivity contribution < 1.29 is 76.2 Å². The van der Waals surface area contributed by atoms with E-state index in [2.05, 4.69) is 226 Å². The van der Waals surface area contributed by atoms with Crippen molar-refractivity contribution >= 4 is 41.8 Å². The maximum absolute atomic E-state index is 12.2. The van der Waals surface area contributed by atoms with Gasteiger partial charge in [0.2, 0.25) is 0 Å². The Bertz CT molecular complexity index is 2920. The third-order valence-corrected chi connectivity index (χ3v) is 20.9. The molecule has 0 spiro atoms. The number of likely N-dealkylation sites (N-methyl/N-ethyl adjacent to an activating group) is 1. The molecule has 0 bridgehead atoms. The van der Waals surface area contributed by atoms with E-state index >= 15 is 0 Å². The zero-order chi connectivity index (χ0) is 103. The largest absolute Gasteiger partial charge is 0.465 e. The molecule has 3 rings (SSSR count). The predicted octanol–water partition coefficient (Wildman–Crippen LogP) is 23.5. The minimum Gasteiger partial charge on any atom is -0.465 e. The van der Waals surface area contributed by atoms with Crippen molar-refractivity contribution in [3.05, 3.63) is 0 Å². The van der Waals surface area contributed by atoms with Crippen LogP contribution in [0.3, 0.4) is 0 Å². The van der Waals surface area contributed by atoms with Crippen molar-refractivity contribution in [2.45, 2.75) is 408 Å². The molecule has 2 N–H and O–H groups in total. The van der Waals surface area contributed by atoms with E-state index in [1.807, 2.05) is 152 Å². The Morgan fingerprint density at radius 2 is 0.562 bits per heavy atom. The van der Waals surface area contributed by atoms with Crippen LogP contribution in [0.2, 0.25) is 0 Å². The van der Waals surface area contributed by atoms with E-state index in [1.54, 1.807) is 13.8 Å². The summed E-state index contributed by atoms with van der Waals surface area (Å²) in [5.41, 5.74) is 3.96. The number of esters is 7. The lowest BCUT2D eigenvalue weighted by molar-refractivity contribution is -0.164. The average Bonchev–Trinajstić information content (AvgIpc) is 0.875. The summed E-state index contributed by atoms with van der Waals surface area (Å²) in [4.78, 5) is 93.5. The summed E-state index contributed by atoms with van der Waals surface area (Å²) in [5, 5.41) is 0. The van der Waals surface area contributed by atoms with E-state index in [-0.39, 0.29) is 107 Å². The number of carbonyl (C=O) groups excluding carboxylic acids is 7. The van der Waals surface area contributed by atoms with Crippen LogP contribution in [0.1, 0.15) is 391 Å². The molecule has 0 radical (unpaired) electrons. The Kier molecular flexibility index (Phi) is 64.7. The van der Waals surface area contributed by atoms with Gasteiger partial charge in [-0.15, -0.1) is 0 Å². The van der Waals surface area contributed by atoms with E-state index in [9.17, 15) is 33.6 Å². The summed E-state index contributed by atoms with van der Waals surface area (Å²) >= 11 is 0. The molecule has 3 fully saturated rings. The first kappa shape index (κ1) is 137. The highest BCUT2D eigenvalue weighted by Gasteiger charge is 2.37. The van der Waals surface area contributed by atoms with Gasteiger partial charge in [-0.3, -0.25) is 43.4 Å². The van der Waals surface area contributed by atoms with Crippen LogP contribution in [0.15, 0.2) is 0 Å². The quantitative estimate of drug-likeness (QED) is 0.0697. The molecule has 22 nitrogen and oxygen atoms in total. The normalized spacial score (nSPS) is 15.6. The van der Waals surface area contributed by atoms with Crippen molar-refractivity contribution in [2.24, 2.45) is 87.0 Å². The summed E-state index contributed by atoms with van der Waals surface area (Å²) in [7, 11) is 6.32. The first-order valence-electron chi connectivity index (χ1n) is 48.4. The summed E-state index contributed by atoms with van der Waals surface area (Å²) in [6, 6.07) is 0. The van der Waals surface area contributed by atoms with Gasteiger partial charge in [-0.2, -0.15) is 0 Å². The second-order valence-electron chi connectivity index (χ2n) is 52.6. The molecule has 0 saturated carbocycles. The van der Waals surface area contributed by atoms with Gasteiger partial charge in [0, 0.05) is 64.4 Å². The van der Waals surface area contributed by atoms with Crippen LogP contribution in [0.5, 0.6) is 0 Å². The highest BCUT2D eigenvalue weighted by Crippen LogP contribution is 2.32. The van der Waals surface area contributed by atoms with Gasteiger partial charge in [0.05, 0.1) is 98.6 Å². The van der Waals surface area contributed by atoms with E-state index in [1.165, 1.54) is 13.0 Å². The van der Waals surface area contributed by atoms with Crippen molar-refractivity contribution in [1.82, 2.24) is 24.5 Å². The number of ether oxygens (including phenoxy) is 9. The standard InChI is InChI=1S/C16H32N2O2.C15H29NO3.2C12H24O2.C11H22O2.C10H20O2.C9H19NO2.C9H19NO.C6H15N.C6H14/c1-15(2,3)13-20-14(19)16(4,5)7-8-18-11-9-17(6)10-12-18;1-14(2,3)12-19-13(17)15(4,5)6-7-16-8-10-18-11-9-16;1-8-12(6,7)10(13)14-9(2)11(3,4)5;1-7-8-12(5,6)10(13)14-9-11(2,3)4;1-7-11(5,6)9(12)13-8-10(2,3)4;1-9(2,3)7-12-8(11)10(4,5)6;1-8(2,3)6-12-7(11)9(4,5)10;1-9(2,3)8-10-4-6-11-7-5-10;1-6(2,3)7(4)5;1-5-6(2,3)4/h7-13H2,1-6H3;6-12H2,1-5H3;9H,8H2,1-7H3;7-9H2,1-6H3;7-8H2,1-6H3;7H2,1-6H3;6,10H2,1-5H3;4-8H2,1-3H3;1-5H3;5H2,1-4H3. The zero-order valence-corrected chi connectivity index (χ0v) is 94.7. The highest BCUT2D eigenvalue weighted by atomic mass is 16.6. The third kappa shape index (κ3) is 83.8. The number of hydrogen-bond donors (Lipinski definition) is 1. The Hall–Kier alpha value is -4.03. The molecule has 22 heteroatoms. The maximum Gasteiger partial charge on any atom is 0.325 e. The lowest BCUT2D eigenvalue weighted by atomic mass is 9.88. The average molecular weight is 1830 g/mol. The van der Waals surface area contributed by atoms with Gasteiger partial charge in [-0.1, -0.05) is 227 Å². The molecule has 3 heterocycles. The highest BCUT2D eigenvalue weighted by molar-refractivity contribution is 5.80. The van der Waals surface area contributed by atoms with Crippen molar-refractivity contribution in [3.63, 3.8) is 0 Å². The summed E-state index contributed by atoms with van der Waals surface area (Å²) < 4.78 is 47.6. The predicted molar refractivity (Wildman–Crippen MR) is 540 cm³/mol. The fourth-order valence-corrected chi connectivity index (χ4v) is 8.79. The summed E-state index contributed by atoms with van der Waals surface area (Å²) in [6.07, 6.45) is 6.44. The molecule has 3 aliphatic rings. The molecule has 1 unspecified atom stereocenters. The Morgan fingerprint density at radius 3 is 0.789 bits per heavy atom. The van der Waals surface area contributed by atoms with Crippen LogP contribution in [0, 0.1) is 81.2 Å². The third-order valence-electron chi connectivity index (χ3n) is 20.9. The number of hydrogen-bond acceptors (Lipinski definition) is 22. The van der Waals surface area contributed by atoms with Crippen LogP contribution in [0.4, 0.5) is 0 Å². The SMILES string of the molecule is CC(C)(C)CN1CCOCC1.CC(C)(C)COC(=O)C(C)(C)C.CC(C)(C)COC(=O)C(C)(C)CCN1CCOCC1.CC(C)(C)COC(=O)C(C)(C)N.CCC(C)(C)C.CCC(C)(C)C(=O)OC(C)C(C)(C)C.CCC(C)(C)C(=O)OCC(C)(C)C.CCCC(C)(C)C(=O)OCC(C)(C)C.CN(C)C(C)(C)C.CN1CCN(CCC(C)(C)C(=O)OCC(C)(C)C)CC1. The fraction of sp³-hybridized carbons (Fsp3) is 0.934. The molecule has 0 amide bonds. The molecule has 0 aromatic heterocycles. The molecular formula is C106H218N6O16. The lowest BCUT2D eigenvalue weighted by Crippen LogP contribution is -2.45. The minimum atomic E-state index is -0.884. The van der Waals surface area contributed by atoms with Gasteiger partial charge in [-0.25, -0.2) is 0 Å². The minimum absolute atomic E-state index is 0.000903.